The number of fused-ring (bicyclic) bond motifs is 1. The van der Waals surface area contributed by atoms with E-state index in [-0.39, 0.29) is 18.1 Å². The number of aromatic nitrogens is 1. The topological polar surface area (TPSA) is 69.7 Å². The summed E-state index contributed by atoms with van der Waals surface area (Å²) in [5, 5.41) is 3.08. The first-order valence-electron chi connectivity index (χ1n) is 8.51. The first-order chi connectivity index (χ1) is 12.3. The third-order valence-electron chi connectivity index (χ3n) is 4.48. The number of rotatable bonds is 4. The van der Waals surface area contributed by atoms with Gasteiger partial charge in [0.25, 0.3) is 5.91 Å². The lowest BCUT2D eigenvalue weighted by molar-refractivity contribution is -0.0152. The van der Waals surface area contributed by atoms with Crippen molar-refractivity contribution in [2.45, 2.75) is 25.0 Å². The van der Waals surface area contributed by atoms with E-state index in [9.17, 15) is 4.79 Å². The molecule has 0 aliphatic carbocycles. The van der Waals surface area contributed by atoms with Gasteiger partial charge in [0.2, 0.25) is 5.88 Å². The molecule has 3 heterocycles. The van der Waals surface area contributed by atoms with Crippen LogP contribution >= 0.6 is 0 Å². The van der Waals surface area contributed by atoms with Crippen molar-refractivity contribution < 1.29 is 19.0 Å². The second-order valence-electron chi connectivity index (χ2n) is 6.19. The van der Waals surface area contributed by atoms with E-state index in [2.05, 4.69) is 10.3 Å². The highest BCUT2D eigenvalue weighted by Gasteiger charge is 2.29. The number of hydrogen-bond donors (Lipinski definition) is 1. The van der Waals surface area contributed by atoms with E-state index >= 15 is 0 Å². The van der Waals surface area contributed by atoms with Gasteiger partial charge in [-0.15, -0.1) is 0 Å². The molecule has 1 aromatic carbocycles. The number of hydrogen-bond acceptors (Lipinski definition) is 5. The molecular weight excluding hydrogens is 320 g/mol. The summed E-state index contributed by atoms with van der Waals surface area (Å²) in [5.41, 5.74) is 1.73. The zero-order valence-electron chi connectivity index (χ0n) is 13.8. The van der Waals surface area contributed by atoms with Gasteiger partial charge in [-0.3, -0.25) is 4.79 Å². The Morgan fingerprint density at radius 3 is 3.08 bits per heavy atom. The first-order valence-corrected chi connectivity index (χ1v) is 8.51. The van der Waals surface area contributed by atoms with Crippen LogP contribution < -0.4 is 14.8 Å². The Morgan fingerprint density at radius 1 is 1.24 bits per heavy atom. The summed E-state index contributed by atoms with van der Waals surface area (Å²) >= 11 is 0. The van der Waals surface area contributed by atoms with Gasteiger partial charge in [-0.05, 0) is 36.2 Å². The van der Waals surface area contributed by atoms with Crippen molar-refractivity contribution in [1.82, 2.24) is 10.3 Å². The molecule has 130 valence electrons. The quantitative estimate of drug-likeness (QED) is 0.922. The molecule has 0 radical (unpaired) electrons. The predicted molar refractivity (Wildman–Crippen MR) is 91.0 cm³/mol. The number of carbonyl (C=O) groups excluding carboxylic acids is 1. The second kappa shape index (κ2) is 7.11. The van der Waals surface area contributed by atoms with E-state index in [0.29, 0.717) is 37.7 Å². The number of nitrogens with one attached hydrogen (secondary N) is 1. The van der Waals surface area contributed by atoms with E-state index in [1.165, 1.54) is 0 Å². The largest absolute Gasteiger partial charge is 0.493 e. The zero-order chi connectivity index (χ0) is 17.1. The average Bonchev–Trinajstić information content (AvgIpc) is 3.12. The molecule has 0 bridgehead atoms. The van der Waals surface area contributed by atoms with Crippen LogP contribution in [0.1, 0.15) is 22.3 Å². The van der Waals surface area contributed by atoms with E-state index in [1.54, 1.807) is 18.3 Å². The fraction of sp³-hybridized carbons (Fsp3) is 0.368. The zero-order valence-corrected chi connectivity index (χ0v) is 13.8. The molecule has 2 aromatic rings. The predicted octanol–water partition coefficient (Wildman–Crippen LogP) is 1.98. The van der Waals surface area contributed by atoms with Crippen molar-refractivity contribution in [3.05, 3.63) is 53.7 Å². The Labute approximate surface area is 146 Å². The highest BCUT2D eigenvalue weighted by Crippen LogP contribution is 2.26. The molecule has 0 spiro atoms. The van der Waals surface area contributed by atoms with Gasteiger partial charge < -0.3 is 19.5 Å². The Balaban J connectivity index is 1.45. The van der Waals surface area contributed by atoms with Gasteiger partial charge in [0.05, 0.1) is 19.3 Å². The number of pyridine rings is 1. The fourth-order valence-electron chi connectivity index (χ4n) is 3.14. The monoisotopic (exact) mass is 340 g/mol. The third-order valence-corrected chi connectivity index (χ3v) is 4.48. The van der Waals surface area contributed by atoms with Crippen LogP contribution in [-0.2, 0) is 11.2 Å². The molecule has 1 saturated heterocycles. The van der Waals surface area contributed by atoms with Gasteiger partial charge in [-0.25, -0.2) is 4.98 Å². The van der Waals surface area contributed by atoms with Crippen LogP contribution in [0.25, 0.3) is 0 Å². The molecule has 6 nitrogen and oxygen atoms in total. The normalized spacial score (nSPS) is 21.9. The molecule has 1 aromatic heterocycles. The highest BCUT2D eigenvalue weighted by molar-refractivity contribution is 5.94. The Hall–Kier alpha value is -2.60. The molecule has 25 heavy (non-hydrogen) atoms. The molecule has 2 aliphatic rings. The van der Waals surface area contributed by atoms with Crippen molar-refractivity contribution >= 4 is 5.91 Å². The molecule has 1 fully saturated rings. The molecule has 0 saturated carbocycles. The number of amides is 1. The van der Waals surface area contributed by atoms with Crippen molar-refractivity contribution in [3.63, 3.8) is 0 Å². The van der Waals surface area contributed by atoms with Gasteiger partial charge in [-0.1, -0.05) is 6.07 Å². The van der Waals surface area contributed by atoms with Gasteiger partial charge in [0.15, 0.2) is 0 Å². The van der Waals surface area contributed by atoms with Crippen LogP contribution in [-0.4, -0.2) is 42.9 Å². The van der Waals surface area contributed by atoms with Crippen LogP contribution in [0.2, 0.25) is 0 Å². The third kappa shape index (κ3) is 3.58. The number of ether oxygens (including phenoxy) is 3. The van der Waals surface area contributed by atoms with Crippen molar-refractivity contribution in [2.24, 2.45) is 0 Å². The van der Waals surface area contributed by atoms with E-state index < -0.39 is 0 Å². The molecule has 6 heteroatoms. The van der Waals surface area contributed by atoms with Crippen molar-refractivity contribution in [3.8, 4) is 11.6 Å². The summed E-state index contributed by atoms with van der Waals surface area (Å²) in [7, 11) is 0. The lowest BCUT2D eigenvalue weighted by atomic mass is 10.0. The summed E-state index contributed by atoms with van der Waals surface area (Å²) in [4.78, 5) is 16.8. The van der Waals surface area contributed by atoms with Crippen LogP contribution in [0, 0.1) is 0 Å². The number of carbonyl (C=O) groups is 1. The smallest absolute Gasteiger partial charge is 0.251 e. The first kappa shape index (κ1) is 15.9. The molecular formula is C19H20N2O4. The van der Waals surface area contributed by atoms with Crippen molar-refractivity contribution in [1.29, 1.82) is 0 Å². The molecule has 2 aliphatic heterocycles. The summed E-state index contributed by atoms with van der Waals surface area (Å²) in [6.07, 6.45) is 2.97. The second-order valence-corrected chi connectivity index (χ2v) is 6.19. The molecule has 0 unspecified atom stereocenters. The summed E-state index contributed by atoms with van der Waals surface area (Å²) in [6, 6.07) is 11.0. The van der Waals surface area contributed by atoms with Crippen LogP contribution in [0.5, 0.6) is 11.6 Å². The van der Waals surface area contributed by atoms with Crippen LogP contribution in [0.15, 0.2) is 42.6 Å². The minimum absolute atomic E-state index is 0.101. The Kier molecular flexibility index (Phi) is 4.52. The number of benzene rings is 1. The lowest BCUT2D eigenvalue weighted by Crippen LogP contribution is -2.51. The Bertz CT molecular complexity index is 750. The minimum atomic E-state index is -0.259. The summed E-state index contributed by atoms with van der Waals surface area (Å²) < 4.78 is 16.9. The maximum Gasteiger partial charge on any atom is 0.251 e. The Morgan fingerprint density at radius 2 is 2.20 bits per heavy atom. The van der Waals surface area contributed by atoms with E-state index in [1.807, 2.05) is 24.3 Å². The number of nitrogens with zero attached hydrogens (tertiary/aromatic N) is 1. The van der Waals surface area contributed by atoms with Crippen molar-refractivity contribution in [2.75, 3.05) is 19.8 Å². The minimum Gasteiger partial charge on any atom is -0.493 e. The van der Waals surface area contributed by atoms with Gasteiger partial charge >= 0.3 is 0 Å². The molecule has 2 atom stereocenters. The molecule has 4 rings (SSSR count). The van der Waals surface area contributed by atoms with Gasteiger partial charge in [-0.2, -0.15) is 0 Å². The lowest BCUT2D eigenvalue weighted by Gasteiger charge is -2.32. The maximum atomic E-state index is 12.6. The summed E-state index contributed by atoms with van der Waals surface area (Å²) in [6.45, 7) is 1.71. The maximum absolute atomic E-state index is 12.6. The van der Waals surface area contributed by atoms with E-state index in [0.717, 1.165) is 17.7 Å². The standard InChI is InChI=1S/C19H20N2O4/c22-19(14-4-5-16-13(11-14)6-10-24-16)21-15-7-9-23-12-17(15)25-18-3-1-2-8-20-18/h1-5,8,11,15,17H,6-7,9-10,12H2,(H,21,22)/t15-,17-/m1/s1. The average molecular weight is 340 g/mol. The van der Waals surface area contributed by atoms with Crippen LogP contribution in [0.3, 0.4) is 0 Å². The SMILES string of the molecule is O=C(N[C@@H]1CCOC[C@H]1Oc1ccccn1)c1ccc2c(c1)CCO2. The van der Waals surface area contributed by atoms with Gasteiger partial charge in [0.1, 0.15) is 11.9 Å². The van der Waals surface area contributed by atoms with Gasteiger partial charge in [0, 0.05) is 30.9 Å². The van der Waals surface area contributed by atoms with Crippen LogP contribution in [0.4, 0.5) is 0 Å². The fourth-order valence-corrected chi connectivity index (χ4v) is 3.14. The highest BCUT2D eigenvalue weighted by atomic mass is 16.5. The molecule has 1 N–H and O–H groups in total. The summed E-state index contributed by atoms with van der Waals surface area (Å²) in [5.74, 6) is 1.31. The molecule has 1 amide bonds. The van der Waals surface area contributed by atoms with E-state index in [4.69, 9.17) is 14.2 Å².